The number of likely N-dealkylation sites (tertiary alicyclic amines) is 1. The maximum Gasteiger partial charge on any atom is 0.234 e. The van der Waals surface area contributed by atoms with Gasteiger partial charge in [0, 0.05) is 43.8 Å². The van der Waals surface area contributed by atoms with Crippen LogP contribution in [-0.4, -0.2) is 68.7 Å². The summed E-state index contributed by atoms with van der Waals surface area (Å²) in [5.74, 6) is 1.47. The van der Waals surface area contributed by atoms with Gasteiger partial charge in [0.2, 0.25) is 17.3 Å². The van der Waals surface area contributed by atoms with Crippen molar-refractivity contribution in [2.45, 2.75) is 25.4 Å². The first-order chi connectivity index (χ1) is 22.0. The second-order valence-electron chi connectivity index (χ2n) is 10.6. The van der Waals surface area contributed by atoms with E-state index < -0.39 is 5.82 Å². The number of nitriles is 1. The smallest absolute Gasteiger partial charge is 0.234 e. The minimum Gasteiger partial charge on any atom is -0.383 e. The number of imidazole rings is 1. The van der Waals surface area contributed by atoms with E-state index in [1.54, 1.807) is 24.5 Å². The second-order valence-corrected chi connectivity index (χ2v) is 10.6. The predicted octanol–water partition coefficient (Wildman–Crippen LogP) is 3.79. The zero-order valence-electron chi connectivity index (χ0n) is 23.9. The highest BCUT2D eigenvalue weighted by Crippen LogP contribution is 2.30. The van der Waals surface area contributed by atoms with Crippen LogP contribution in [0.15, 0.2) is 73.2 Å². The zero-order chi connectivity index (χ0) is 30.8. The molecule has 0 bridgehead atoms. The highest BCUT2D eigenvalue weighted by atomic mass is 19.1. The largest absolute Gasteiger partial charge is 0.383 e. The van der Waals surface area contributed by atoms with Crippen molar-refractivity contribution in [3.63, 3.8) is 0 Å². The van der Waals surface area contributed by atoms with E-state index in [9.17, 15) is 4.39 Å². The van der Waals surface area contributed by atoms with Gasteiger partial charge in [-0.3, -0.25) is 9.47 Å². The second kappa shape index (κ2) is 12.0. The average Bonchev–Trinajstić information content (AvgIpc) is 3.45. The summed E-state index contributed by atoms with van der Waals surface area (Å²) < 4.78 is 15.4. The Morgan fingerprint density at radius 3 is 2.53 bits per heavy atom. The Morgan fingerprint density at radius 2 is 1.78 bits per heavy atom. The summed E-state index contributed by atoms with van der Waals surface area (Å²) in [4.78, 5) is 28.4. The lowest BCUT2D eigenvalue weighted by Crippen LogP contribution is -2.38. The van der Waals surface area contributed by atoms with E-state index in [0.29, 0.717) is 40.0 Å². The molecule has 1 saturated heterocycles. The van der Waals surface area contributed by atoms with Crippen molar-refractivity contribution >= 4 is 22.9 Å². The number of hydrogen-bond acceptors (Lipinski definition) is 12. The number of nitrogen functional groups attached to an aromatic ring is 1. The lowest BCUT2D eigenvalue weighted by molar-refractivity contribution is 0.211. The van der Waals surface area contributed by atoms with Crippen molar-refractivity contribution in [1.82, 2.24) is 49.6 Å². The molecule has 0 radical (unpaired) electrons. The van der Waals surface area contributed by atoms with Gasteiger partial charge in [0.15, 0.2) is 11.5 Å². The Morgan fingerprint density at radius 1 is 0.933 bits per heavy atom. The van der Waals surface area contributed by atoms with Crippen LogP contribution >= 0.6 is 0 Å². The van der Waals surface area contributed by atoms with Crippen molar-refractivity contribution in [3.8, 4) is 34.7 Å². The first-order valence-electron chi connectivity index (χ1n) is 14.3. The van der Waals surface area contributed by atoms with Gasteiger partial charge in [0.25, 0.3) is 0 Å². The topological polar surface area (TPSA) is 173 Å². The number of nitrogens with one attached hydrogen (secondary N) is 1. The fraction of sp³-hybridized carbons (Fsp3) is 0.194. The number of nitrogens with zero attached hydrogens (tertiary/aromatic N) is 11. The molecule has 0 spiro atoms. The van der Waals surface area contributed by atoms with Gasteiger partial charge in [-0.25, -0.2) is 34.3 Å². The molecular formula is C31H26FN13. The number of halogens is 1. The van der Waals surface area contributed by atoms with Crippen LogP contribution < -0.4 is 11.1 Å². The Kier molecular flexibility index (Phi) is 7.42. The molecule has 0 saturated carbocycles. The summed E-state index contributed by atoms with van der Waals surface area (Å²) in [5.41, 5.74) is 10.0. The van der Waals surface area contributed by atoms with E-state index in [1.807, 2.05) is 28.8 Å². The van der Waals surface area contributed by atoms with Gasteiger partial charge in [0.05, 0.1) is 11.8 Å². The molecule has 6 aromatic rings. The fourth-order valence-electron chi connectivity index (χ4n) is 5.38. The van der Waals surface area contributed by atoms with Gasteiger partial charge in [0.1, 0.15) is 29.2 Å². The first kappa shape index (κ1) is 27.9. The van der Waals surface area contributed by atoms with Crippen molar-refractivity contribution in [2.75, 3.05) is 24.1 Å². The number of rotatable bonds is 7. The predicted molar refractivity (Wildman–Crippen MR) is 164 cm³/mol. The van der Waals surface area contributed by atoms with Crippen LogP contribution in [0.25, 0.3) is 39.9 Å². The SMILES string of the molecule is N#Cc1nccc(NC2CCN(Cc3ccc(-n4c(-c5cccnc5N)nc5nnc(-c6ccc(F)cn6)nc54)cc3)CC2)n1. The molecule has 0 amide bonds. The van der Waals surface area contributed by atoms with Crippen molar-refractivity contribution < 1.29 is 4.39 Å². The van der Waals surface area contributed by atoms with Crippen molar-refractivity contribution in [3.05, 3.63) is 90.4 Å². The maximum absolute atomic E-state index is 13.5. The number of fused-ring (bicyclic) bond motifs is 1. The molecule has 7 rings (SSSR count). The van der Waals surface area contributed by atoms with Gasteiger partial charge in [-0.05, 0) is 60.9 Å². The van der Waals surface area contributed by atoms with Crippen LogP contribution in [0.3, 0.4) is 0 Å². The number of nitrogens with two attached hydrogens (primary N) is 1. The molecule has 3 N–H and O–H groups in total. The molecule has 13 nitrogen and oxygen atoms in total. The molecule has 0 aliphatic carbocycles. The Hall–Kier alpha value is -5.94. The molecule has 0 unspecified atom stereocenters. The third kappa shape index (κ3) is 5.84. The number of anilines is 2. The van der Waals surface area contributed by atoms with Gasteiger partial charge < -0.3 is 11.1 Å². The fourth-order valence-corrected chi connectivity index (χ4v) is 5.38. The van der Waals surface area contributed by atoms with E-state index in [0.717, 1.165) is 49.9 Å². The Balaban J connectivity index is 1.13. The standard InChI is InChI=1S/C31H26FN13/c32-20-5-8-24(37-17-20)28-40-31-29(43-42-28)41-30(23-2-1-12-36-27(23)34)45(31)22-6-3-19(4-7-22)18-44-14-10-21(11-15-44)38-25-9-13-35-26(16-33)39-25/h1-9,12-13,17,21H,10-11,14-15,18H2,(H2,34,36)(H,35,38,39). The summed E-state index contributed by atoms with van der Waals surface area (Å²) in [6.45, 7) is 2.65. The molecular weight excluding hydrogens is 573 g/mol. The number of aromatic nitrogens is 9. The van der Waals surface area contributed by atoms with Crippen LogP contribution in [0.2, 0.25) is 0 Å². The lowest BCUT2D eigenvalue weighted by atomic mass is 10.0. The van der Waals surface area contributed by atoms with E-state index in [-0.39, 0.29) is 17.7 Å². The summed E-state index contributed by atoms with van der Waals surface area (Å²) in [7, 11) is 0. The zero-order valence-corrected chi connectivity index (χ0v) is 23.9. The molecule has 5 aromatic heterocycles. The van der Waals surface area contributed by atoms with Crippen LogP contribution in [0.5, 0.6) is 0 Å². The van der Waals surface area contributed by atoms with E-state index in [2.05, 4.69) is 52.5 Å². The summed E-state index contributed by atoms with van der Waals surface area (Å²) in [6, 6.07) is 18.7. The number of pyridine rings is 2. The minimum absolute atomic E-state index is 0.162. The van der Waals surface area contributed by atoms with Crippen molar-refractivity contribution in [2.24, 2.45) is 0 Å². The molecule has 6 heterocycles. The molecule has 1 aliphatic rings. The maximum atomic E-state index is 13.5. The summed E-state index contributed by atoms with van der Waals surface area (Å²) in [6.07, 6.45) is 6.25. The minimum atomic E-state index is -0.453. The highest BCUT2D eigenvalue weighted by Gasteiger charge is 2.22. The molecule has 1 aliphatic heterocycles. The molecule has 1 fully saturated rings. The third-order valence-corrected chi connectivity index (χ3v) is 7.62. The Bertz CT molecular complexity index is 2010. The third-order valence-electron chi connectivity index (χ3n) is 7.62. The molecule has 1 aromatic carbocycles. The van der Waals surface area contributed by atoms with Crippen LogP contribution in [0, 0.1) is 17.1 Å². The average molecular weight is 600 g/mol. The highest BCUT2D eigenvalue weighted by molar-refractivity contribution is 5.81. The van der Waals surface area contributed by atoms with Gasteiger partial charge in [-0.1, -0.05) is 12.1 Å². The summed E-state index contributed by atoms with van der Waals surface area (Å²) in [5, 5.41) is 21.0. The number of piperidine rings is 1. The quantitative estimate of drug-likeness (QED) is 0.272. The molecule has 14 heteroatoms. The van der Waals surface area contributed by atoms with Crippen LogP contribution in [0.1, 0.15) is 24.2 Å². The molecule has 45 heavy (non-hydrogen) atoms. The van der Waals surface area contributed by atoms with E-state index >= 15 is 0 Å². The molecule has 222 valence electrons. The van der Waals surface area contributed by atoms with E-state index in [4.69, 9.17) is 21.0 Å². The molecule has 0 atom stereocenters. The van der Waals surface area contributed by atoms with Gasteiger partial charge in [-0.15, -0.1) is 10.2 Å². The number of benzene rings is 1. The first-order valence-corrected chi connectivity index (χ1v) is 14.3. The Labute approximate surface area is 256 Å². The van der Waals surface area contributed by atoms with Crippen LogP contribution in [-0.2, 0) is 6.54 Å². The number of hydrogen-bond donors (Lipinski definition) is 2. The van der Waals surface area contributed by atoms with Gasteiger partial charge >= 0.3 is 0 Å². The monoisotopic (exact) mass is 599 g/mol. The van der Waals surface area contributed by atoms with Crippen LogP contribution in [0.4, 0.5) is 16.0 Å². The normalized spacial score (nSPS) is 14.0. The van der Waals surface area contributed by atoms with E-state index in [1.165, 1.54) is 12.1 Å². The summed E-state index contributed by atoms with van der Waals surface area (Å²) >= 11 is 0. The lowest BCUT2D eigenvalue weighted by Gasteiger charge is -2.32. The van der Waals surface area contributed by atoms with Gasteiger partial charge in [-0.2, -0.15) is 5.26 Å². The van der Waals surface area contributed by atoms with Crippen molar-refractivity contribution in [1.29, 1.82) is 5.26 Å².